The number of hydrogen-bond acceptors (Lipinski definition) is 4. The molecule has 1 aromatic rings. The van der Waals surface area contributed by atoms with Crippen LogP contribution >= 0.6 is 0 Å². The Hall–Kier alpha value is -1.43. The maximum Gasteiger partial charge on any atom is 0.229 e. The molecular formula is C13H21N5O. The van der Waals surface area contributed by atoms with Crippen molar-refractivity contribution in [1.82, 2.24) is 20.1 Å². The molecule has 19 heavy (non-hydrogen) atoms. The third kappa shape index (κ3) is 2.63. The standard InChI is InChI=1S/C13H21N5O/c1-18-13(16-12(19)10-3-2-4-10)15-11(17-18)9-5-7-14-8-6-9/h9-10,14H,2-8H2,1H3,(H,15,16,17,19). The fourth-order valence-corrected chi connectivity index (χ4v) is 2.65. The van der Waals surface area contributed by atoms with Gasteiger partial charge in [-0.25, -0.2) is 4.68 Å². The molecule has 0 atom stereocenters. The molecule has 0 radical (unpaired) electrons. The Balaban J connectivity index is 1.67. The van der Waals surface area contributed by atoms with Crippen LogP contribution in [0.25, 0.3) is 0 Å². The van der Waals surface area contributed by atoms with Crippen LogP contribution in [0.4, 0.5) is 5.95 Å². The van der Waals surface area contributed by atoms with Gasteiger partial charge in [0.25, 0.3) is 0 Å². The van der Waals surface area contributed by atoms with Gasteiger partial charge in [-0.2, -0.15) is 10.1 Å². The quantitative estimate of drug-likeness (QED) is 0.854. The van der Waals surface area contributed by atoms with Gasteiger partial charge in [-0.05, 0) is 38.8 Å². The van der Waals surface area contributed by atoms with Crippen LogP contribution in [0.5, 0.6) is 0 Å². The minimum Gasteiger partial charge on any atom is -0.317 e. The van der Waals surface area contributed by atoms with E-state index in [4.69, 9.17) is 0 Å². The summed E-state index contributed by atoms with van der Waals surface area (Å²) in [6, 6.07) is 0. The third-order valence-electron chi connectivity index (χ3n) is 4.19. The van der Waals surface area contributed by atoms with E-state index in [-0.39, 0.29) is 11.8 Å². The highest BCUT2D eigenvalue weighted by atomic mass is 16.2. The van der Waals surface area contributed by atoms with E-state index in [1.165, 1.54) is 0 Å². The molecule has 0 spiro atoms. The molecule has 3 rings (SSSR count). The summed E-state index contributed by atoms with van der Waals surface area (Å²) < 4.78 is 1.69. The van der Waals surface area contributed by atoms with E-state index >= 15 is 0 Å². The lowest BCUT2D eigenvalue weighted by atomic mass is 9.85. The predicted molar refractivity (Wildman–Crippen MR) is 71.8 cm³/mol. The molecule has 1 saturated heterocycles. The van der Waals surface area contributed by atoms with Gasteiger partial charge in [0.15, 0.2) is 5.82 Å². The van der Waals surface area contributed by atoms with Gasteiger partial charge in [-0.15, -0.1) is 0 Å². The minimum atomic E-state index is 0.0959. The Kier molecular flexibility index (Phi) is 3.50. The first-order valence-corrected chi connectivity index (χ1v) is 7.16. The second kappa shape index (κ2) is 5.28. The van der Waals surface area contributed by atoms with Crippen LogP contribution in [0.2, 0.25) is 0 Å². The maximum atomic E-state index is 11.9. The number of hydrogen-bond donors (Lipinski definition) is 2. The summed E-state index contributed by atoms with van der Waals surface area (Å²) in [6.07, 6.45) is 5.31. The van der Waals surface area contributed by atoms with E-state index in [2.05, 4.69) is 20.7 Å². The molecule has 1 saturated carbocycles. The largest absolute Gasteiger partial charge is 0.317 e. The van der Waals surface area contributed by atoms with Gasteiger partial charge in [0.1, 0.15) is 0 Å². The Morgan fingerprint density at radius 2 is 2.05 bits per heavy atom. The van der Waals surface area contributed by atoms with E-state index in [9.17, 15) is 4.79 Å². The molecule has 2 heterocycles. The summed E-state index contributed by atoms with van der Waals surface area (Å²) in [5.41, 5.74) is 0. The maximum absolute atomic E-state index is 11.9. The summed E-state index contributed by atoms with van der Waals surface area (Å²) in [5, 5.41) is 10.7. The number of anilines is 1. The number of aryl methyl sites for hydroxylation is 1. The van der Waals surface area contributed by atoms with Gasteiger partial charge in [0.05, 0.1) is 0 Å². The SMILES string of the molecule is Cn1nc(C2CCNCC2)nc1NC(=O)C1CCC1. The molecule has 6 heteroatoms. The van der Waals surface area contributed by atoms with Crippen molar-refractivity contribution in [3.05, 3.63) is 5.82 Å². The first-order chi connectivity index (χ1) is 9.24. The first kappa shape index (κ1) is 12.6. The van der Waals surface area contributed by atoms with Crippen LogP contribution in [-0.2, 0) is 11.8 Å². The number of amides is 1. The predicted octanol–water partition coefficient (Wildman–Crippen LogP) is 1.02. The summed E-state index contributed by atoms with van der Waals surface area (Å²) in [7, 11) is 1.84. The summed E-state index contributed by atoms with van der Waals surface area (Å²) in [6.45, 7) is 2.04. The Labute approximate surface area is 113 Å². The van der Waals surface area contributed by atoms with Crippen LogP contribution in [0.1, 0.15) is 43.8 Å². The van der Waals surface area contributed by atoms with Crippen LogP contribution < -0.4 is 10.6 Å². The van der Waals surface area contributed by atoms with E-state index in [0.717, 1.165) is 51.0 Å². The zero-order valence-electron chi connectivity index (χ0n) is 11.4. The Morgan fingerprint density at radius 3 is 2.68 bits per heavy atom. The van der Waals surface area contributed by atoms with Crippen molar-refractivity contribution in [2.24, 2.45) is 13.0 Å². The fourth-order valence-electron chi connectivity index (χ4n) is 2.65. The van der Waals surface area contributed by atoms with Gasteiger partial charge in [0.2, 0.25) is 11.9 Å². The molecule has 0 bridgehead atoms. The number of aromatic nitrogens is 3. The zero-order chi connectivity index (χ0) is 13.2. The van der Waals surface area contributed by atoms with Crippen molar-refractivity contribution in [2.45, 2.75) is 38.0 Å². The first-order valence-electron chi connectivity index (χ1n) is 7.16. The van der Waals surface area contributed by atoms with Crippen molar-refractivity contribution in [3.63, 3.8) is 0 Å². The van der Waals surface area contributed by atoms with E-state index in [1.807, 2.05) is 7.05 Å². The second-order valence-corrected chi connectivity index (χ2v) is 5.56. The van der Waals surface area contributed by atoms with Crippen molar-refractivity contribution >= 4 is 11.9 Å². The highest BCUT2D eigenvalue weighted by Crippen LogP contribution is 2.28. The fraction of sp³-hybridized carbons (Fsp3) is 0.769. The van der Waals surface area contributed by atoms with E-state index in [1.54, 1.807) is 4.68 Å². The Bertz CT molecular complexity index is 460. The minimum absolute atomic E-state index is 0.0959. The number of nitrogens with zero attached hydrogens (tertiary/aromatic N) is 3. The monoisotopic (exact) mass is 263 g/mol. The highest BCUT2D eigenvalue weighted by molar-refractivity contribution is 5.91. The molecule has 0 aromatic carbocycles. The van der Waals surface area contributed by atoms with Crippen LogP contribution in [0.3, 0.4) is 0 Å². The highest BCUT2D eigenvalue weighted by Gasteiger charge is 2.27. The van der Waals surface area contributed by atoms with Crippen LogP contribution in [0.15, 0.2) is 0 Å². The summed E-state index contributed by atoms with van der Waals surface area (Å²) in [5.74, 6) is 2.15. The third-order valence-corrected chi connectivity index (χ3v) is 4.19. The topological polar surface area (TPSA) is 71.8 Å². The van der Waals surface area contributed by atoms with Gasteiger partial charge in [-0.3, -0.25) is 10.1 Å². The van der Waals surface area contributed by atoms with Gasteiger partial charge in [0, 0.05) is 18.9 Å². The molecular weight excluding hydrogens is 242 g/mol. The molecule has 1 amide bonds. The second-order valence-electron chi connectivity index (χ2n) is 5.56. The lowest BCUT2D eigenvalue weighted by Gasteiger charge is -2.23. The van der Waals surface area contributed by atoms with Crippen molar-refractivity contribution in [2.75, 3.05) is 18.4 Å². The average Bonchev–Trinajstić information content (AvgIpc) is 2.70. The lowest BCUT2D eigenvalue weighted by Crippen LogP contribution is -2.29. The van der Waals surface area contributed by atoms with E-state index in [0.29, 0.717) is 11.9 Å². The molecule has 2 fully saturated rings. The normalized spacial score (nSPS) is 21.1. The van der Waals surface area contributed by atoms with E-state index < -0.39 is 0 Å². The molecule has 1 aromatic heterocycles. The van der Waals surface area contributed by atoms with Crippen molar-refractivity contribution < 1.29 is 4.79 Å². The number of rotatable bonds is 3. The van der Waals surface area contributed by atoms with Crippen LogP contribution in [-0.4, -0.2) is 33.8 Å². The Morgan fingerprint density at radius 1 is 1.32 bits per heavy atom. The number of piperidine rings is 1. The molecule has 2 N–H and O–H groups in total. The van der Waals surface area contributed by atoms with Gasteiger partial charge >= 0.3 is 0 Å². The molecule has 0 unspecified atom stereocenters. The number of nitrogens with one attached hydrogen (secondary N) is 2. The lowest BCUT2D eigenvalue weighted by molar-refractivity contribution is -0.122. The molecule has 1 aliphatic heterocycles. The average molecular weight is 263 g/mol. The molecule has 1 aliphatic carbocycles. The molecule has 104 valence electrons. The number of carbonyl (C=O) groups is 1. The van der Waals surface area contributed by atoms with Gasteiger partial charge < -0.3 is 5.32 Å². The molecule has 2 aliphatic rings. The zero-order valence-corrected chi connectivity index (χ0v) is 11.4. The summed E-state index contributed by atoms with van der Waals surface area (Å²) in [4.78, 5) is 16.4. The van der Waals surface area contributed by atoms with Crippen molar-refractivity contribution in [3.8, 4) is 0 Å². The van der Waals surface area contributed by atoms with Crippen LogP contribution in [0, 0.1) is 5.92 Å². The number of carbonyl (C=O) groups excluding carboxylic acids is 1. The summed E-state index contributed by atoms with van der Waals surface area (Å²) >= 11 is 0. The van der Waals surface area contributed by atoms with Gasteiger partial charge in [-0.1, -0.05) is 6.42 Å². The van der Waals surface area contributed by atoms with Crippen molar-refractivity contribution in [1.29, 1.82) is 0 Å². The smallest absolute Gasteiger partial charge is 0.229 e. The molecule has 6 nitrogen and oxygen atoms in total.